The molecule has 6 bridgehead atoms. The number of aromatic carboxylic acids is 1. The SMILES string of the molecule is O=C(O)C1C2C=CC(C2)C1c1ccccc1.O=C(O)CCC1C2C=CC(C2)C1c1ccccc1Cl.O=C(O)c1c(CC23C=CC(CC2)C3)cccc1-c1ccccc1. The minimum Gasteiger partial charge on any atom is -0.481 e. The molecular weight excluding hydrogens is 744 g/mol. The maximum Gasteiger partial charge on any atom is 0.336 e. The summed E-state index contributed by atoms with van der Waals surface area (Å²) in [6, 6.07) is 33.8. The molecule has 0 aromatic heterocycles. The van der Waals surface area contributed by atoms with Crippen LogP contribution in [0.25, 0.3) is 11.1 Å². The molecule has 0 aliphatic heterocycles. The summed E-state index contributed by atoms with van der Waals surface area (Å²) in [4.78, 5) is 34.1. The number of rotatable bonds is 10. The monoisotopic (exact) mass is 794 g/mol. The minimum absolute atomic E-state index is 0.175. The number of carboxylic acids is 3. The number of hydrogen-bond donors (Lipinski definition) is 3. The summed E-state index contributed by atoms with van der Waals surface area (Å²) in [5.41, 5.74) is 5.77. The third-order valence-corrected chi connectivity index (χ3v) is 14.2. The van der Waals surface area contributed by atoms with E-state index in [4.69, 9.17) is 16.7 Å². The molecular formula is C51H51ClO6. The van der Waals surface area contributed by atoms with Gasteiger partial charge in [0.25, 0.3) is 0 Å². The number of carboxylic acid groups (broad SMARTS) is 3. The van der Waals surface area contributed by atoms with Crippen molar-refractivity contribution < 1.29 is 29.7 Å². The lowest BCUT2D eigenvalue weighted by Gasteiger charge is -2.28. The standard InChI is InChI=1S/C21H20O2.C16H17ClO2.C14H14O2/c22-20(23)19-17(14-21-11-9-15(13-21)10-12-21)7-4-8-18(19)16-5-2-1-3-6-16;17-14-4-2-1-3-13(14)16-11-6-5-10(9-11)12(16)7-8-15(18)19;15-14(16)13-11-7-6-10(8-11)12(13)9-4-2-1-3-5-9/h1-9,11,15H,10,12-14H2,(H,22,23);1-6,10-12,16H,7-9H2,(H,18,19);1-7,10-13H,8H2,(H,15,16). The Morgan fingerprint density at radius 3 is 1.98 bits per heavy atom. The molecule has 6 aliphatic carbocycles. The maximum absolute atomic E-state index is 12.0. The maximum atomic E-state index is 12.0. The largest absolute Gasteiger partial charge is 0.481 e. The molecule has 3 saturated carbocycles. The molecule has 58 heavy (non-hydrogen) atoms. The Morgan fingerprint density at radius 2 is 1.34 bits per heavy atom. The normalized spacial score (nSPS) is 30.1. The number of allylic oxidation sites excluding steroid dienone is 6. The van der Waals surface area contributed by atoms with E-state index in [1.807, 2.05) is 84.9 Å². The molecule has 7 heteroatoms. The second kappa shape index (κ2) is 17.0. The first kappa shape index (κ1) is 39.6. The van der Waals surface area contributed by atoms with Crippen molar-refractivity contribution in [2.24, 2.45) is 46.8 Å². The van der Waals surface area contributed by atoms with E-state index in [1.54, 1.807) is 0 Å². The highest BCUT2D eigenvalue weighted by Crippen LogP contribution is 2.56. The van der Waals surface area contributed by atoms with Crippen molar-refractivity contribution in [3.63, 3.8) is 0 Å². The third kappa shape index (κ3) is 8.09. The summed E-state index contributed by atoms with van der Waals surface area (Å²) >= 11 is 6.33. The molecule has 4 aromatic rings. The van der Waals surface area contributed by atoms with Crippen molar-refractivity contribution in [3.05, 3.63) is 167 Å². The fourth-order valence-corrected chi connectivity index (χ4v) is 11.7. The lowest BCUT2D eigenvalue weighted by Crippen LogP contribution is -2.25. The first-order valence-corrected chi connectivity index (χ1v) is 21.2. The van der Waals surface area contributed by atoms with Gasteiger partial charge < -0.3 is 15.3 Å². The van der Waals surface area contributed by atoms with Crippen LogP contribution in [0.4, 0.5) is 0 Å². The van der Waals surface area contributed by atoms with Gasteiger partial charge in [-0.2, -0.15) is 0 Å². The first-order valence-electron chi connectivity index (χ1n) is 20.8. The van der Waals surface area contributed by atoms with Gasteiger partial charge in [0.15, 0.2) is 0 Å². The van der Waals surface area contributed by atoms with Crippen LogP contribution in [0, 0.1) is 46.8 Å². The number of halogens is 1. The van der Waals surface area contributed by atoms with Crippen LogP contribution in [0.15, 0.2) is 140 Å². The Balaban J connectivity index is 0.000000123. The summed E-state index contributed by atoms with van der Waals surface area (Å²) in [6.45, 7) is 0. The molecule has 0 saturated heterocycles. The predicted octanol–water partition coefficient (Wildman–Crippen LogP) is 11.7. The van der Waals surface area contributed by atoms with Crippen LogP contribution in [0.2, 0.25) is 5.02 Å². The van der Waals surface area contributed by atoms with E-state index < -0.39 is 17.9 Å². The molecule has 0 spiro atoms. The molecule has 298 valence electrons. The van der Waals surface area contributed by atoms with Gasteiger partial charge in [-0.3, -0.25) is 9.59 Å². The van der Waals surface area contributed by atoms with E-state index in [-0.39, 0.29) is 29.6 Å². The first-order chi connectivity index (χ1) is 28.1. The summed E-state index contributed by atoms with van der Waals surface area (Å²) < 4.78 is 0. The zero-order chi connectivity index (χ0) is 40.4. The second-order valence-corrected chi connectivity index (χ2v) is 17.7. The van der Waals surface area contributed by atoms with Crippen LogP contribution in [-0.2, 0) is 16.0 Å². The lowest BCUT2D eigenvalue weighted by molar-refractivity contribution is -0.143. The van der Waals surface area contributed by atoms with E-state index in [0.717, 1.165) is 47.4 Å². The van der Waals surface area contributed by atoms with Crippen LogP contribution in [0.3, 0.4) is 0 Å². The summed E-state index contributed by atoms with van der Waals surface area (Å²) in [5.74, 6) is 1.03. The Hall–Kier alpha value is -5.20. The van der Waals surface area contributed by atoms with Gasteiger partial charge in [-0.25, -0.2) is 4.79 Å². The third-order valence-electron chi connectivity index (χ3n) is 13.9. The number of carbonyl (C=O) groups is 3. The topological polar surface area (TPSA) is 112 Å². The van der Waals surface area contributed by atoms with Gasteiger partial charge >= 0.3 is 17.9 Å². The van der Waals surface area contributed by atoms with Gasteiger partial charge in [-0.15, -0.1) is 0 Å². The molecule has 3 fully saturated rings. The van der Waals surface area contributed by atoms with Crippen molar-refractivity contribution >= 4 is 29.5 Å². The van der Waals surface area contributed by atoms with E-state index in [1.165, 1.54) is 30.4 Å². The smallest absolute Gasteiger partial charge is 0.336 e. The molecule has 4 aromatic carbocycles. The highest BCUT2D eigenvalue weighted by Gasteiger charge is 2.49. The summed E-state index contributed by atoms with van der Waals surface area (Å²) in [5, 5.41) is 28.9. The molecule has 10 rings (SSSR count). The van der Waals surface area contributed by atoms with E-state index in [2.05, 4.69) is 54.7 Å². The van der Waals surface area contributed by atoms with Crippen LogP contribution in [0.1, 0.15) is 83.8 Å². The molecule has 0 amide bonds. The fraction of sp³-hybridized carbons (Fsp3) is 0.353. The van der Waals surface area contributed by atoms with E-state index in [9.17, 15) is 24.6 Å². The average molecular weight is 795 g/mol. The molecule has 6 nitrogen and oxygen atoms in total. The van der Waals surface area contributed by atoms with E-state index >= 15 is 0 Å². The van der Waals surface area contributed by atoms with Crippen LogP contribution in [-0.4, -0.2) is 33.2 Å². The van der Waals surface area contributed by atoms with Crippen molar-refractivity contribution in [2.45, 2.75) is 63.2 Å². The van der Waals surface area contributed by atoms with Crippen molar-refractivity contribution in [1.29, 1.82) is 0 Å². The Kier molecular flexibility index (Phi) is 11.6. The fourth-order valence-electron chi connectivity index (χ4n) is 11.4. The molecule has 6 aliphatic rings. The van der Waals surface area contributed by atoms with Gasteiger partial charge in [-0.1, -0.05) is 145 Å². The van der Waals surface area contributed by atoms with Gasteiger partial charge in [-0.05, 0) is 126 Å². The van der Waals surface area contributed by atoms with Gasteiger partial charge in [0.2, 0.25) is 0 Å². The molecule has 10 atom stereocenters. The highest BCUT2D eigenvalue weighted by molar-refractivity contribution is 6.31. The summed E-state index contributed by atoms with van der Waals surface area (Å²) in [7, 11) is 0. The van der Waals surface area contributed by atoms with Crippen LogP contribution in [0.5, 0.6) is 0 Å². The number of benzene rings is 4. The molecule has 0 radical (unpaired) electrons. The van der Waals surface area contributed by atoms with Crippen molar-refractivity contribution in [2.75, 3.05) is 0 Å². The van der Waals surface area contributed by atoms with Gasteiger partial charge in [0.1, 0.15) is 0 Å². The Bertz CT molecular complexity index is 2230. The number of hydrogen-bond acceptors (Lipinski definition) is 3. The zero-order valence-corrected chi connectivity index (χ0v) is 33.3. The highest BCUT2D eigenvalue weighted by atomic mass is 35.5. The van der Waals surface area contributed by atoms with Crippen LogP contribution < -0.4 is 0 Å². The molecule has 0 heterocycles. The quantitative estimate of drug-likeness (QED) is 0.138. The second-order valence-electron chi connectivity index (χ2n) is 17.3. The van der Waals surface area contributed by atoms with Crippen LogP contribution >= 0.6 is 11.6 Å². The summed E-state index contributed by atoms with van der Waals surface area (Å²) in [6.07, 6.45) is 21.1. The van der Waals surface area contributed by atoms with E-state index in [0.29, 0.717) is 41.1 Å². The minimum atomic E-state index is -0.827. The van der Waals surface area contributed by atoms with Gasteiger partial charge in [0.05, 0.1) is 11.5 Å². The predicted molar refractivity (Wildman–Crippen MR) is 228 cm³/mol. The number of fused-ring (bicyclic) bond motifs is 6. The average Bonchev–Trinajstić information content (AvgIpc) is 4.11. The van der Waals surface area contributed by atoms with Gasteiger partial charge in [0, 0.05) is 17.4 Å². The Morgan fingerprint density at radius 1 is 0.690 bits per heavy atom. The lowest BCUT2D eigenvalue weighted by atomic mass is 9.76. The zero-order valence-electron chi connectivity index (χ0n) is 32.6. The molecule has 3 N–H and O–H groups in total. The Labute approximate surface area is 346 Å². The molecule has 10 unspecified atom stereocenters. The van der Waals surface area contributed by atoms with Crippen molar-refractivity contribution in [3.8, 4) is 11.1 Å². The van der Waals surface area contributed by atoms with Crippen molar-refractivity contribution in [1.82, 2.24) is 0 Å². The number of aliphatic carboxylic acids is 2.